The van der Waals surface area contributed by atoms with Gasteiger partial charge in [0.05, 0.1) is 6.20 Å². The molecule has 0 saturated heterocycles. The number of aryl methyl sites for hydroxylation is 1. The summed E-state index contributed by atoms with van der Waals surface area (Å²) >= 11 is 0. The van der Waals surface area contributed by atoms with Crippen LogP contribution in [0.3, 0.4) is 0 Å². The summed E-state index contributed by atoms with van der Waals surface area (Å²) in [6.07, 6.45) is 9.40. The zero-order valence-electron chi connectivity index (χ0n) is 11.3. The first-order valence-corrected chi connectivity index (χ1v) is 5.96. The third kappa shape index (κ3) is 3.64. The van der Waals surface area contributed by atoms with Gasteiger partial charge in [0.15, 0.2) is 0 Å². The van der Waals surface area contributed by atoms with Gasteiger partial charge in [-0.3, -0.25) is 4.68 Å². The SMILES string of the molecule is CN(Cc1cnn(C)c1)c1ncc(/C=C/C(=O)O)cn1. The van der Waals surface area contributed by atoms with Crippen LogP contribution in [-0.2, 0) is 18.4 Å². The van der Waals surface area contributed by atoms with Crippen molar-refractivity contribution >= 4 is 18.0 Å². The molecule has 0 aliphatic heterocycles. The summed E-state index contributed by atoms with van der Waals surface area (Å²) in [4.78, 5) is 20.7. The quantitative estimate of drug-likeness (QED) is 0.816. The number of carboxylic acids is 1. The summed E-state index contributed by atoms with van der Waals surface area (Å²) < 4.78 is 1.74. The molecule has 0 aliphatic rings. The van der Waals surface area contributed by atoms with Crippen LogP contribution in [0.2, 0.25) is 0 Å². The van der Waals surface area contributed by atoms with E-state index in [9.17, 15) is 4.79 Å². The predicted octanol–water partition coefficient (Wildman–Crippen LogP) is 0.944. The summed E-state index contributed by atoms with van der Waals surface area (Å²) in [5, 5.41) is 12.6. The molecule has 0 aromatic carbocycles. The van der Waals surface area contributed by atoms with E-state index in [1.165, 1.54) is 6.08 Å². The average Bonchev–Trinajstić information content (AvgIpc) is 2.82. The van der Waals surface area contributed by atoms with Gasteiger partial charge in [0.25, 0.3) is 0 Å². The summed E-state index contributed by atoms with van der Waals surface area (Å²) in [5.41, 5.74) is 1.71. The Balaban J connectivity index is 2.03. The van der Waals surface area contributed by atoms with Crippen molar-refractivity contribution in [3.63, 3.8) is 0 Å². The molecule has 20 heavy (non-hydrogen) atoms. The highest BCUT2D eigenvalue weighted by Gasteiger charge is 2.06. The van der Waals surface area contributed by atoms with Crippen molar-refractivity contribution in [2.75, 3.05) is 11.9 Å². The molecule has 2 aromatic rings. The highest BCUT2D eigenvalue weighted by molar-refractivity contribution is 5.85. The number of hydrogen-bond donors (Lipinski definition) is 1. The highest BCUT2D eigenvalue weighted by Crippen LogP contribution is 2.10. The molecule has 2 aromatic heterocycles. The Kier molecular flexibility index (Phi) is 4.09. The van der Waals surface area contributed by atoms with Crippen molar-refractivity contribution in [3.05, 3.63) is 42.0 Å². The molecular formula is C13H15N5O2. The molecule has 1 N–H and O–H groups in total. The van der Waals surface area contributed by atoms with Crippen LogP contribution in [0, 0.1) is 0 Å². The Hall–Kier alpha value is -2.70. The lowest BCUT2D eigenvalue weighted by molar-refractivity contribution is -0.131. The first kappa shape index (κ1) is 13.7. The van der Waals surface area contributed by atoms with Crippen LogP contribution < -0.4 is 4.90 Å². The number of carbonyl (C=O) groups is 1. The molecule has 0 aliphatic carbocycles. The van der Waals surface area contributed by atoms with Gasteiger partial charge in [0, 0.05) is 56.4 Å². The van der Waals surface area contributed by atoms with E-state index in [2.05, 4.69) is 15.1 Å². The third-order valence-electron chi connectivity index (χ3n) is 2.60. The summed E-state index contributed by atoms with van der Waals surface area (Å²) in [7, 11) is 3.75. The molecule has 0 amide bonds. The predicted molar refractivity (Wildman–Crippen MR) is 74.0 cm³/mol. The molecule has 0 atom stereocenters. The minimum absolute atomic E-state index is 0.571. The second kappa shape index (κ2) is 5.96. The molecule has 2 rings (SSSR count). The minimum Gasteiger partial charge on any atom is -0.478 e. The Bertz CT molecular complexity index is 618. The topological polar surface area (TPSA) is 84.1 Å². The smallest absolute Gasteiger partial charge is 0.328 e. The van der Waals surface area contributed by atoms with Gasteiger partial charge in [-0.25, -0.2) is 14.8 Å². The first-order valence-electron chi connectivity index (χ1n) is 5.96. The van der Waals surface area contributed by atoms with E-state index < -0.39 is 5.97 Å². The average molecular weight is 273 g/mol. The molecule has 0 saturated carbocycles. The molecule has 104 valence electrons. The van der Waals surface area contributed by atoms with Crippen LogP contribution in [0.25, 0.3) is 6.08 Å². The van der Waals surface area contributed by atoms with E-state index in [4.69, 9.17) is 5.11 Å². The summed E-state index contributed by atoms with van der Waals surface area (Å²) in [6, 6.07) is 0. The van der Waals surface area contributed by atoms with Crippen LogP contribution in [0.4, 0.5) is 5.95 Å². The third-order valence-corrected chi connectivity index (χ3v) is 2.60. The van der Waals surface area contributed by atoms with E-state index >= 15 is 0 Å². The van der Waals surface area contributed by atoms with Crippen LogP contribution in [-0.4, -0.2) is 37.9 Å². The van der Waals surface area contributed by atoms with Crippen molar-refractivity contribution in [2.45, 2.75) is 6.54 Å². The standard InChI is InChI=1S/C13H15N5O2/c1-17(8-11-7-16-18(2)9-11)13-14-5-10(6-15-13)3-4-12(19)20/h3-7,9H,8H2,1-2H3,(H,19,20)/b4-3+. The zero-order chi connectivity index (χ0) is 14.5. The van der Waals surface area contributed by atoms with Gasteiger partial charge in [0.1, 0.15) is 0 Å². The summed E-state index contributed by atoms with van der Waals surface area (Å²) in [5.74, 6) is -0.427. The minimum atomic E-state index is -0.997. The van der Waals surface area contributed by atoms with Crippen molar-refractivity contribution < 1.29 is 9.90 Å². The van der Waals surface area contributed by atoms with Gasteiger partial charge in [-0.2, -0.15) is 5.10 Å². The molecule has 7 heteroatoms. The maximum absolute atomic E-state index is 10.4. The van der Waals surface area contributed by atoms with Crippen LogP contribution >= 0.6 is 0 Å². The van der Waals surface area contributed by atoms with Crippen molar-refractivity contribution in [3.8, 4) is 0 Å². The van der Waals surface area contributed by atoms with Gasteiger partial charge in [-0.05, 0) is 6.08 Å². The van der Waals surface area contributed by atoms with Crippen LogP contribution in [0.1, 0.15) is 11.1 Å². The molecule has 0 spiro atoms. The van der Waals surface area contributed by atoms with E-state index in [1.807, 2.05) is 25.2 Å². The molecule has 2 heterocycles. The lowest BCUT2D eigenvalue weighted by Gasteiger charge is -2.15. The van der Waals surface area contributed by atoms with E-state index in [-0.39, 0.29) is 0 Å². The molecule has 0 fully saturated rings. The first-order chi connectivity index (χ1) is 9.54. The fourth-order valence-electron chi connectivity index (χ4n) is 1.68. The normalized spacial score (nSPS) is 10.9. The fraction of sp³-hybridized carbons (Fsp3) is 0.231. The Morgan fingerprint density at radius 3 is 2.65 bits per heavy atom. The molecular weight excluding hydrogens is 258 g/mol. The second-order valence-electron chi connectivity index (χ2n) is 4.37. The number of aromatic nitrogens is 4. The number of hydrogen-bond acceptors (Lipinski definition) is 5. The number of nitrogens with zero attached hydrogens (tertiary/aromatic N) is 5. The maximum Gasteiger partial charge on any atom is 0.328 e. The monoisotopic (exact) mass is 273 g/mol. The Labute approximate surface area is 116 Å². The number of anilines is 1. The van der Waals surface area contributed by atoms with Crippen LogP contribution in [0.5, 0.6) is 0 Å². The number of rotatable bonds is 5. The van der Waals surface area contributed by atoms with Crippen molar-refractivity contribution in [2.24, 2.45) is 7.05 Å². The Morgan fingerprint density at radius 1 is 1.40 bits per heavy atom. The van der Waals surface area contributed by atoms with Gasteiger partial charge < -0.3 is 10.0 Å². The fourth-order valence-corrected chi connectivity index (χ4v) is 1.68. The Morgan fingerprint density at radius 2 is 2.10 bits per heavy atom. The van der Waals surface area contributed by atoms with Gasteiger partial charge >= 0.3 is 5.97 Å². The van der Waals surface area contributed by atoms with E-state index in [0.717, 1.165) is 11.6 Å². The highest BCUT2D eigenvalue weighted by atomic mass is 16.4. The number of aliphatic carboxylic acids is 1. The van der Waals surface area contributed by atoms with E-state index in [0.29, 0.717) is 18.1 Å². The lowest BCUT2D eigenvalue weighted by atomic mass is 10.3. The van der Waals surface area contributed by atoms with E-state index in [1.54, 1.807) is 23.3 Å². The molecule has 7 nitrogen and oxygen atoms in total. The largest absolute Gasteiger partial charge is 0.478 e. The van der Waals surface area contributed by atoms with Crippen molar-refractivity contribution in [1.82, 2.24) is 19.7 Å². The van der Waals surface area contributed by atoms with Gasteiger partial charge in [-0.15, -0.1) is 0 Å². The van der Waals surface area contributed by atoms with Crippen LogP contribution in [0.15, 0.2) is 30.9 Å². The van der Waals surface area contributed by atoms with Crippen molar-refractivity contribution in [1.29, 1.82) is 0 Å². The summed E-state index contributed by atoms with van der Waals surface area (Å²) in [6.45, 7) is 0.651. The van der Waals surface area contributed by atoms with Gasteiger partial charge in [-0.1, -0.05) is 0 Å². The lowest BCUT2D eigenvalue weighted by Crippen LogP contribution is -2.18. The molecule has 0 radical (unpaired) electrons. The number of carboxylic acid groups (broad SMARTS) is 1. The zero-order valence-corrected chi connectivity index (χ0v) is 11.3. The second-order valence-corrected chi connectivity index (χ2v) is 4.37. The maximum atomic E-state index is 10.4. The molecule has 0 unspecified atom stereocenters. The van der Waals surface area contributed by atoms with Gasteiger partial charge in [0.2, 0.25) is 5.95 Å². The molecule has 0 bridgehead atoms.